The molecule has 0 N–H and O–H groups in total. The molecule has 2 aromatic rings. The first kappa shape index (κ1) is 10.3. The molecule has 0 saturated heterocycles. The molecule has 0 radical (unpaired) electrons. The fraction of sp³-hybridized carbons (Fsp3) is 0.154. The number of nitriles is 1. The van der Waals surface area contributed by atoms with Crippen molar-refractivity contribution in [2.75, 3.05) is 11.4 Å². The van der Waals surface area contributed by atoms with Crippen LogP contribution in [-0.2, 0) is 6.54 Å². The van der Waals surface area contributed by atoms with E-state index in [9.17, 15) is 0 Å². The van der Waals surface area contributed by atoms with E-state index in [1.165, 1.54) is 0 Å². The average Bonchev–Trinajstić information content (AvgIpc) is 2.83. The molecule has 0 aliphatic carbocycles. The summed E-state index contributed by atoms with van der Waals surface area (Å²) in [5.74, 6) is 0.860. The van der Waals surface area contributed by atoms with Crippen LogP contribution in [-0.4, -0.2) is 6.54 Å². The molecule has 0 aliphatic heterocycles. The average molecular weight is 212 g/mol. The summed E-state index contributed by atoms with van der Waals surface area (Å²) in [5, 5.41) is 8.80. The lowest BCUT2D eigenvalue weighted by molar-refractivity contribution is 0.505. The Kier molecular flexibility index (Phi) is 3.25. The largest absolute Gasteiger partial charge is 0.467 e. The van der Waals surface area contributed by atoms with Crippen molar-refractivity contribution in [2.24, 2.45) is 0 Å². The van der Waals surface area contributed by atoms with E-state index in [1.54, 1.807) is 6.26 Å². The number of hydrogen-bond acceptors (Lipinski definition) is 3. The Morgan fingerprint density at radius 2 is 1.94 bits per heavy atom. The molecule has 0 unspecified atom stereocenters. The van der Waals surface area contributed by atoms with Gasteiger partial charge in [-0.25, -0.2) is 0 Å². The van der Waals surface area contributed by atoms with E-state index >= 15 is 0 Å². The quantitative estimate of drug-likeness (QED) is 0.731. The molecule has 0 spiro atoms. The van der Waals surface area contributed by atoms with E-state index in [4.69, 9.17) is 9.68 Å². The molecule has 0 fully saturated rings. The first-order valence-electron chi connectivity index (χ1n) is 5.09. The smallest absolute Gasteiger partial charge is 0.123 e. The molecule has 3 heteroatoms. The molecule has 1 heterocycles. The summed E-state index contributed by atoms with van der Waals surface area (Å²) in [5.41, 5.74) is 1.03. The lowest BCUT2D eigenvalue weighted by atomic mass is 10.2. The van der Waals surface area contributed by atoms with E-state index in [0.29, 0.717) is 13.1 Å². The van der Waals surface area contributed by atoms with Gasteiger partial charge in [-0.05, 0) is 24.3 Å². The number of anilines is 1. The van der Waals surface area contributed by atoms with Gasteiger partial charge in [0.15, 0.2) is 0 Å². The third-order valence-corrected chi connectivity index (χ3v) is 2.31. The van der Waals surface area contributed by atoms with Gasteiger partial charge in [-0.3, -0.25) is 0 Å². The molecular weight excluding hydrogens is 200 g/mol. The standard InChI is InChI=1S/C13H12N2O/c14-8-9-15(11-13-7-4-10-16-13)12-5-2-1-3-6-12/h1-7,10H,9,11H2. The first-order chi connectivity index (χ1) is 7.90. The Labute approximate surface area is 94.5 Å². The predicted octanol–water partition coefficient (Wildman–Crippen LogP) is 2.81. The maximum atomic E-state index is 8.80. The van der Waals surface area contributed by atoms with Gasteiger partial charge in [0.05, 0.1) is 18.9 Å². The summed E-state index contributed by atoms with van der Waals surface area (Å²) in [4.78, 5) is 1.97. The maximum absolute atomic E-state index is 8.80. The minimum atomic E-state index is 0.352. The van der Waals surface area contributed by atoms with Crippen molar-refractivity contribution in [3.63, 3.8) is 0 Å². The number of nitrogens with zero attached hydrogens (tertiary/aromatic N) is 2. The molecular formula is C13H12N2O. The number of rotatable bonds is 4. The number of hydrogen-bond donors (Lipinski definition) is 0. The van der Waals surface area contributed by atoms with E-state index in [1.807, 2.05) is 47.4 Å². The first-order valence-corrected chi connectivity index (χ1v) is 5.09. The summed E-state index contributed by atoms with van der Waals surface area (Å²) in [6.45, 7) is 0.968. The number of benzene rings is 1. The Balaban J connectivity index is 2.15. The van der Waals surface area contributed by atoms with Gasteiger partial charge in [-0.2, -0.15) is 5.26 Å². The van der Waals surface area contributed by atoms with E-state index in [2.05, 4.69) is 6.07 Å². The van der Waals surface area contributed by atoms with E-state index in [0.717, 1.165) is 11.4 Å². The van der Waals surface area contributed by atoms with Crippen LogP contribution in [0.2, 0.25) is 0 Å². The second-order valence-electron chi connectivity index (χ2n) is 3.43. The minimum Gasteiger partial charge on any atom is -0.467 e. The van der Waals surface area contributed by atoms with E-state index in [-0.39, 0.29) is 0 Å². The maximum Gasteiger partial charge on any atom is 0.123 e. The Morgan fingerprint density at radius 1 is 1.12 bits per heavy atom. The van der Waals surface area contributed by atoms with Gasteiger partial charge in [-0.1, -0.05) is 18.2 Å². The van der Waals surface area contributed by atoms with Gasteiger partial charge in [0.25, 0.3) is 0 Å². The zero-order chi connectivity index (χ0) is 11.2. The molecule has 2 rings (SSSR count). The van der Waals surface area contributed by atoms with Crippen LogP contribution < -0.4 is 4.90 Å². The van der Waals surface area contributed by atoms with Crippen molar-refractivity contribution in [3.8, 4) is 6.07 Å². The highest BCUT2D eigenvalue weighted by atomic mass is 16.3. The Bertz CT molecular complexity index is 456. The summed E-state index contributed by atoms with van der Waals surface area (Å²) in [7, 11) is 0. The molecule has 1 aromatic carbocycles. The van der Waals surface area contributed by atoms with Crippen molar-refractivity contribution >= 4 is 5.69 Å². The zero-order valence-corrected chi connectivity index (χ0v) is 8.84. The monoisotopic (exact) mass is 212 g/mol. The molecule has 0 saturated carbocycles. The third kappa shape index (κ3) is 2.43. The summed E-state index contributed by atoms with van der Waals surface area (Å²) >= 11 is 0. The van der Waals surface area contributed by atoms with Crippen LogP contribution in [0.4, 0.5) is 5.69 Å². The van der Waals surface area contributed by atoms with Crippen LogP contribution in [0.5, 0.6) is 0 Å². The van der Waals surface area contributed by atoms with Crippen molar-refractivity contribution < 1.29 is 4.42 Å². The number of para-hydroxylation sites is 1. The lowest BCUT2D eigenvalue weighted by Crippen LogP contribution is -2.22. The van der Waals surface area contributed by atoms with Crippen LogP contribution in [0, 0.1) is 11.3 Å². The molecule has 0 atom stereocenters. The summed E-state index contributed by atoms with van der Waals surface area (Å²) < 4.78 is 5.28. The Hall–Kier alpha value is -2.21. The lowest BCUT2D eigenvalue weighted by Gasteiger charge is -2.20. The van der Waals surface area contributed by atoms with Crippen LogP contribution in [0.25, 0.3) is 0 Å². The fourth-order valence-electron chi connectivity index (χ4n) is 1.55. The molecule has 80 valence electrons. The fourth-order valence-corrected chi connectivity index (χ4v) is 1.55. The third-order valence-electron chi connectivity index (χ3n) is 2.31. The van der Waals surface area contributed by atoms with Crippen molar-refractivity contribution in [1.82, 2.24) is 0 Å². The van der Waals surface area contributed by atoms with Crippen molar-refractivity contribution in [3.05, 3.63) is 54.5 Å². The predicted molar refractivity (Wildman–Crippen MR) is 61.8 cm³/mol. The summed E-state index contributed by atoms with van der Waals surface area (Å²) in [6, 6.07) is 15.8. The highest BCUT2D eigenvalue weighted by molar-refractivity contribution is 5.46. The van der Waals surface area contributed by atoms with Crippen molar-refractivity contribution in [1.29, 1.82) is 5.26 Å². The van der Waals surface area contributed by atoms with Gasteiger partial charge in [0.2, 0.25) is 0 Å². The number of furan rings is 1. The van der Waals surface area contributed by atoms with Gasteiger partial charge < -0.3 is 9.32 Å². The second kappa shape index (κ2) is 5.04. The van der Waals surface area contributed by atoms with Gasteiger partial charge >= 0.3 is 0 Å². The molecule has 3 nitrogen and oxygen atoms in total. The molecule has 0 aliphatic rings. The van der Waals surface area contributed by atoms with Crippen LogP contribution in [0.1, 0.15) is 5.76 Å². The highest BCUT2D eigenvalue weighted by Gasteiger charge is 2.07. The Morgan fingerprint density at radius 3 is 2.56 bits per heavy atom. The molecule has 1 aromatic heterocycles. The van der Waals surface area contributed by atoms with Gasteiger partial charge in [0.1, 0.15) is 12.3 Å². The van der Waals surface area contributed by atoms with Crippen molar-refractivity contribution in [2.45, 2.75) is 6.54 Å². The molecule has 0 bridgehead atoms. The minimum absolute atomic E-state index is 0.352. The molecule has 16 heavy (non-hydrogen) atoms. The van der Waals surface area contributed by atoms with Crippen LogP contribution >= 0.6 is 0 Å². The topological polar surface area (TPSA) is 40.2 Å². The second-order valence-corrected chi connectivity index (χ2v) is 3.43. The van der Waals surface area contributed by atoms with E-state index < -0.39 is 0 Å². The van der Waals surface area contributed by atoms with Gasteiger partial charge in [0, 0.05) is 5.69 Å². The normalized spacial score (nSPS) is 9.69. The summed E-state index contributed by atoms with van der Waals surface area (Å²) in [6.07, 6.45) is 1.64. The van der Waals surface area contributed by atoms with Crippen LogP contribution in [0.15, 0.2) is 53.1 Å². The SMILES string of the molecule is N#CCN(Cc1ccco1)c1ccccc1. The van der Waals surface area contributed by atoms with Gasteiger partial charge in [-0.15, -0.1) is 0 Å². The zero-order valence-electron chi connectivity index (χ0n) is 8.84. The molecule has 0 amide bonds. The van der Waals surface area contributed by atoms with Crippen LogP contribution in [0.3, 0.4) is 0 Å². The highest BCUT2D eigenvalue weighted by Crippen LogP contribution is 2.16.